The monoisotopic (exact) mass is 364 g/mol. The molecule has 3 aromatic rings. The van der Waals surface area contributed by atoms with Crippen LogP contribution in [0.5, 0.6) is 0 Å². The van der Waals surface area contributed by atoms with E-state index in [0.29, 0.717) is 18.4 Å². The van der Waals surface area contributed by atoms with E-state index in [1.165, 1.54) is 5.56 Å². The van der Waals surface area contributed by atoms with Crippen molar-refractivity contribution in [1.29, 1.82) is 0 Å². The fourth-order valence-corrected chi connectivity index (χ4v) is 2.56. The maximum atomic E-state index is 5.91. The number of aromatic nitrogens is 3. The summed E-state index contributed by atoms with van der Waals surface area (Å²) in [6.45, 7) is 3.34. The van der Waals surface area contributed by atoms with Crippen LogP contribution in [0.2, 0.25) is 0 Å². The van der Waals surface area contributed by atoms with Gasteiger partial charge in [-0.15, -0.1) is 0 Å². The van der Waals surface area contributed by atoms with Crippen LogP contribution < -0.4 is 11.1 Å². The van der Waals surface area contributed by atoms with Crippen molar-refractivity contribution in [3.63, 3.8) is 0 Å². The van der Waals surface area contributed by atoms with Crippen LogP contribution in [0, 0.1) is 0 Å². The van der Waals surface area contributed by atoms with Gasteiger partial charge in [0.1, 0.15) is 0 Å². The number of guanidine groups is 1. The van der Waals surface area contributed by atoms with Gasteiger partial charge < -0.3 is 15.6 Å². The first-order chi connectivity index (χ1) is 13.2. The molecule has 7 nitrogen and oxygen atoms in total. The van der Waals surface area contributed by atoms with Gasteiger partial charge in [-0.2, -0.15) is 4.98 Å². The van der Waals surface area contributed by atoms with Gasteiger partial charge in [-0.1, -0.05) is 30.3 Å². The van der Waals surface area contributed by atoms with Crippen molar-refractivity contribution in [3.8, 4) is 11.5 Å². The molecule has 0 saturated carbocycles. The summed E-state index contributed by atoms with van der Waals surface area (Å²) in [7, 11) is 0. The highest BCUT2D eigenvalue weighted by atomic mass is 16.5. The van der Waals surface area contributed by atoms with E-state index >= 15 is 0 Å². The molecule has 0 atom stereocenters. The smallest absolute Gasteiger partial charge is 0.257 e. The molecular weight excluding hydrogens is 340 g/mol. The molecule has 0 amide bonds. The van der Waals surface area contributed by atoms with Crippen LogP contribution in [-0.4, -0.2) is 34.2 Å². The molecule has 0 aliphatic carbocycles. The third-order valence-electron chi connectivity index (χ3n) is 4.08. The number of nitrogens with zero attached hydrogens (tertiary/aromatic N) is 4. The molecule has 0 bridgehead atoms. The van der Waals surface area contributed by atoms with Gasteiger partial charge in [0.2, 0.25) is 0 Å². The molecule has 0 aliphatic heterocycles. The van der Waals surface area contributed by atoms with Gasteiger partial charge >= 0.3 is 0 Å². The Morgan fingerprint density at radius 3 is 2.70 bits per heavy atom. The maximum absolute atomic E-state index is 5.91. The van der Waals surface area contributed by atoms with Crippen LogP contribution in [0.1, 0.15) is 24.0 Å². The average molecular weight is 364 g/mol. The molecule has 7 heteroatoms. The van der Waals surface area contributed by atoms with Gasteiger partial charge in [0.05, 0.1) is 0 Å². The minimum atomic E-state index is 0.459. The number of hydrogen-bond donors (Lipinski definition) is 2. The molecule has 2 aromatic heterocycles. The first kappa shape index (κ1) is 18.6. The summed E-state index contributed by atoms with van der Waals surface area (Å²) in [5, 5.41) is 7.06. The summed E-state index contributed by atoms with van der Waals surface area (Å²) < 4.78 is 5.25. The third kappa shape index (κ3) is 5.64. The Hall–Kier alpha value is -3.22. The van der Waals surface area contributed by atoms with Crippen LogP contribution in [-0.2, 0) is 19.3 Å². The van der Waals surface area contributed by atoms with Crippen LogP contribution in [0.15, 0.2) is 58.2 Å². The second kappa shape index (κ2) is 9.47. The quantitative estimate of drug-likeness (QED) is 0.470. The second-order valence-corrected chi connectivity index (χ2v) is 6.08. The lowest BCUT2D eigenvalue weighted by Gasteiger charge is -2.06. The SMILES string of the molecule is CCc1noc(-c2ccc(CCNC(N)=NCCc3ccccn3)cc2)n1. The van der Waals surface area contributed by atoms with E-state index in [2.05, 4.69) is 37.6 Å². The number of nitrogens with one attached hydrogen (secondary N) is 1. The summed E-state index contributed by atoms with van der Waals surface area (Å²) >= 11 is 0. The minimum Gasteiger partial charge on any atom is -0.370 e. The molecule has 3 N–H and O–H groups in total. The predicted octanol–water partition coefficient (Wildman–Crippen LogP) is 2.38. The zero-order valence-corrected chi connectivity index (χ0v) is 15.4. The van der Waals surface area contributed by atoms with Gasteiger partial charge in [-0.3, -0.25) is 9.98 Å². The standard InChI is InChI=1S/C20H24N6O/c1-2-18-25-19(27-26-18)16-8-6-15(7-9-16)10-13-23-20(21)24-14-11-17-5-3-4-12-22-17/h3-9,12H,2,10-11,13-14H2,1H3,(H3,21,23,24). The van der Waals surface area contributed by atoms with Crippen LogP contribution in [0.4, 0.5) is 0 Å². The fraction of sp³-hybridized carbons (Fsp3) is 0.300. The molecule has 0 fully saturated rings. The van der Waals surface area contributed by atoms with Gasteiger partial charge in [0, 0.05) is 43.4 Å². The molecule has 27 heavy (non-hydrogen) atoms. The number of nitrogens with two attached hydrogens (primary N) is 1. The molecule has 140 valence electrons. The van der Waals surface area contributed by atoms with Gasteiger partial charge in [-0.05, 0) is 36.2 Å². The van der Waals surface area contributed by atoms with E-state index < -0.39 is 0 Å². The Bertz CT molecular complexity index is 858. The molecular formula is C20H24N6O. The molecule has 0 unspecified atom stereocenters. The Morgan fingerprint density at radius 1 is 1.15 bits per heavy atom. The number of benzene rings is 1. The van der Waals surface area contributed by atoms with Crippen LogP contribution in [0.25, 0.3) is 11.5 Å². The van der Waals surface area contributed by atoms with E-state index in [-0.39, 0.29) is 0 Å². The van der Waals surface area contributed by atoms with Crippen molar-refractivity contribution in [3.05, 3.63) is 65.7 Å². The molecule has 0 aliphatic rings. The Balaban J connectivity index is 1.42. The summed E-state index contributed by atoms with van der Waals surface area (Å²) in [5.41, 5.74) is 9.05. The van der Waals surface area contributed by atoms with Gasteiger partial charge in [0.15, 0.2) is 11.8 Å². The van der Waals surface area contributed by atoms with Crippen molar-refractivity contribution in [1.82, 2.24) is 20.4 Å². The Morgan fingerprint density at radius 2 is 2.00 bits per heavy atom. The topological polar surface area (TPSA) is 102 Å². The zero-order chi connectivity index (χ0) is 18.9. The van der Waals surface area contributed by atoms with Crippen molar-refractivity contribution in [2.75, 3.05) is 13.1 Å². The fourth-order valence-electron chi connectivity index (χ4n) is 2.56. The first-order valence-corrected chi connectivity index (χ1v) is 9.10. The summed E-state index contributed by atoms with van der Waals surface area (Å²) in [6.07, 6.45) is 4.17. The maximum Gasteiger partial charge on any atom is 0.257 e. The number of hydrogen-bond acceptors (Lipinski definition) is 5. The van der Waals surface area contributed by atoms with Crippen molar-refractivity contribution in [2.45, 2.75) is 26.2 Å². The average Bonchev–Trinajstić information content (AvgIpc) is 3.19. The van der Waals surface area contributed by atoms with Gasteiger partial charge in [-0.25, -0.2) is 0 Å². The number of rotatable bonds is 8. The third-order valence-corrected chi connectivity index (χ3v) is 4.08. The second-order valence-electron chi connectivity index (χ2n) is 6.08. The highest BCUT2D eigenvalue weighted by molar-refractivity contribution is 5.77. The first-order valence-electron chi connectivity index (χ1n) is 9.10. The lowest BCUT2D eigenvalue weighted by Crippen LogP contribution is -2.33. The van der Waals surface area contributed by atoms with Crippen molar-refractivity contribution >= 4 is 5.96 Å². The molecule has 1 aromatic carbocycles. The summed E-state index contributed by atoms with van der Waals surface area (Å²) in [4.78, 5) is 12.9. The molecule has 0 saturated heterocycles. The Labute approximate surface area is 158 Å². The lowest BCUT2D eigenvalue weighted by atomic mass is 10.1. The summed E-state index contributed by atoms with van der Waals surface area (Å²) in [6, 6.07) is 14.0. The van der Waals surface area contributed by atoms with Crippen LogP contribution in [0.3, 0.4) is 0 Å². The lowest BCUT2D eigenvalue weighted by molar-refractivity contribution is 0.423. The molecule has 0 radical (unpaired) electrons. The number of aryl methyl sites for hydroxylation is 1. The van der Waals surface area contributed by atoms with Crippen molar-refractivity contribution < 1.29 is 4.52 Å². The van der Waals surface area contributed by atoms with Crippen LogP contribution >= 0.6 is 0 Å². The molecule has 3 rings (SSSR count). The van der Waals surface area contributed by atoms with E-state index in [1.807, 2.05) is 37.3 Å². The van der Waals surface area contributed by atoms with Crippen molar-refractivity contribution in [2.24, 2.45) is 10.7 Å². The number of aliphatic imine (C=N–C) groups is 1. The largest absolute Gasteiger partial charge is 0.370 e. The highest BCUT2D eigenvalue weighted by Crippen LogP contribution is 2.18. The van der Waals surface area contributed by atoms with E-state index in [4.69, 9.17) is 10.3 Å². The summed E-state index contributed by atoms with van der Waals surface area (Å²) in [5.74, 6) is 1.73. The van der Waals surface area contributed by atoms with Gasteiger partial charge in [0.25, 0.3) is 5.89 Å². The van der Waals surface area contributed by atoms with E-state index in [1.54, 1.807) is 6.20 Å². The van der Waals surface area contributed by atoms with E-state index in [9.17, 15) is 0 Å². The normalized spacial score (nSPS) is 11.5. The van der Waals surface area contributed by atoms with E-state index in [0.717, 1.165) is 42.9 Å². The predicted molar refractivity (Wildman–Crippen MR) is 105 cm³/mol. The molecule has 2 heterocycles. The number of pyridine rings is 1. The minimum absolute atomic E-state index is 0.459. The molecule has 0 spiro atoms. The zero-order valence-electron chi connectivity index (χ0n) is 15.4. The Kier molecular flexibility index (Phi) is 6.51. The highest BCUT2D eigenvalue weighted by Gasteiger charge is 2.07.